The Bertz CT molecular complexity index is 354. The van der Waals surface area contributed by atoms with Gasteiger partial charge in [0.25, 0.3) is 0 Å². The lowest BCUT2D eigenvalue weighted by Crippen LogP contribution is -2.42. The number of hydrogen-bond donors (Lipinski definition) is 3. The van der Waals surface area contributed by atoms with E-state index in [0.717, 1.165) is 45.1 Å². The molecule has 0 aromatic heterocycles. The zero-order valence-electron chi connectivity index (χ0n) is 11.9. The highest BCUT2D eigenvalue weighted by Crippen LogP contribution is 2.26. The molecule has 2 rings (SSSR count). The number of carbonyl (C=O) groups is 1. The van der Waals surface area contributed by atoms with Gasteiger partial charge in [0.05, 0.1) is 6.10 Å². The fraction of sp³-hybridized carbons (Fsp3) is 0.857. The van der Waals surface area contributed by atoms with E-state index in [9.17, 15) is 4.79 Å². The molecule has 0 spiro atoms. The van der Waals surface area contributed by atoms with E-state index in [0.29, 0.717) is 6.42 Å². The molecular weight excluding hydrogens is 258 g/mol. The van der Waals surface area contributed by atoms with Crippen molar-refractivity contribution in [2.75, 3.05) is 6.61 Å². The Morgan fingerprint density at radius 2 is 2.15 bits per heavy atom. The molecule has 0 aromatic rings. The summed E-state index contributed by atoms with van der Waals surface area (Å²) >= 11 is 0. The standard InChI is InChI=1S/C14H25N3O3/c15-14(17-19)11-5-3-6-12(11)16-13(18)8-7-10-4-1-2-9-20-10/h10-12,19H,1-9H2,(H2,15,17)(H,16,18). The lowest BCUT2D eigenvalue weighted by Gasteiger charge is -2.23. The van der Waals surface area contributed by atoms with Crippen molar-refractivity contribution in [1.82, 2.24) is 5.32 Å². The smallest absolute Gasteiger partial charge is 0.220 e. The third-order valence-corrected chi connectivity index (χ3v) is 4.33. The number of oxime groups is 1. The van der Waals surface area contributed by atoms with Crippen LogP contribution < -0.4 is 11.1 Å². The quantitative estimate of drug-likeness (QED) is 0.307. The van der Waals surface area contributed by atoms with Gasteiger partial charge in [-0.15, -0.1) is 0 Å². The molecule has 6 heteroatoms. The second-order valence-corrected chi connectivity index (χ2v) is 5.76. The largest absolute Gasteiger partial charge is 0.409 e. The first-order valence-corrected chi connectivity index (χ1v) is 7.59. The predicted octanol–water partition coefficient (Wildman–Crippen LogP) is 1.37. The van der Waals surface area contributed by atoms with Crippen LogP contribution in [-0.2, 0) is 9.53 Å². The van der Waals surface area contributed by atoms with Gasteiger partial charge < -0.3 is 21.0 Å². The highest BCUT2D eigenvalue weighted by Gasteiger charge is 2.31. The van der Waals surface area contributed by atoms with Crippen molar-refractivity contribution in [2.24, 2.45) is 16.8 Å². The van der Waals surface area contributed by atoms with Crippen molar-refractivity contribution in [1.29, 1.82) is 0 Å². The van der Waals surface area contributed by atoms with Crippen molar-refractivity contribution in [3.05, 3.63) is 0 Å². The molecular formula is C14H25N3O3. The van der Waals surface area contributed by atoms with Crippen LogP contribution in [0.4, 0.5) is 0 Å². The zero-order chi connectivity index (χ0) is 14.4. The average molecular weight is 283 g/mol. The molecule has 4 N–H and O–H groups in total. The van der Waals surface area contributed by atoms with E-state index >= 15 is 0 Å². The van der Waals surface area contributed by atoms with Crippen LogP contribution in [0, 0.1) is 5.92 Å². The van der Waals surface area contributed by atoms with Gasteiger partial charge >= 0.3 is 0 Å². The van der Waals surface area contributed by atoms with Crippen molar-refractivity contribution in [3.8, 4) is 0 Å². The Labute approximate surface area is 119 Å². The van der Waals surface area contributed by atoms with Crippen molar-refractivity contribution >= 4 is 11.7 Å². The van der Waals surface area contributed by atoms with E-state index < -0.39 is 0 Å². The van der Waals surface area contributed by atoms with E-state index in [4.69, 9.17) is 15.7 Å². The highest BCUT2D eigenvalue weighted by atomic mass is 16.5. The van der Waals surface area contributed by atoms with Crippen LogP contribution in [0.2, 0.25) is 0 Å². The van der Waals surface area contributed by atoms with Gasteiger partial charge in [0.2, 0.25) is 5.91 Å². The third-order valence-electron chi connectivity index (χ3n) is 4.33. The normalized spacial score (nSPS) is 31.2. The Hall–Kier alpha value is -1.30. The molecule has 3 unspecified atom stereocenters. The molecule has 2 fully saturated rings. The number of hydrogen-bond acceptors (Lipinski definition) is 4. The van der Waals surface area contributed by atoms with Crippen LogP contribution in [0.5, 0.6) is 0 Å². The predicted molar refractivity (Wildman–Crippen MR) is 75.5 cm³/mol. The third kappa shape index (κ3) is 4.10. The van der Waals surface area contributed by atoms with Gasteiger partial charge in [-0.3, -0.25) is 4.79 Å². The SMILES string of the molecule is NC(=NO)C1CCCC1NC(=O)CCC1CCCCO1. The summed E-state index contributed by atoms with van der Waals surface area (Å²) in [6.07, 6.45) is 7.65. The molecule has 1 saturated carbocycles. The number of amidine groups is 1. The summed E-state index contributed by atoms with van der Waals surface area (Å²) in [6, 6.07) is 0.00525. The molecule has 3 atom stereocenters. The summed E-state index contributed by atoms with van der Waals surface area (Å²) in [4.78, 5) is 12.0. The molecule has 1 saturated heterocycles. The summed E-state index contributed by atoms with van der Waals surface area (Å²) in [7, 11) is 0. The number of nitrogens with one attached hydrogen (secondary N) is 1. The molecule has 114 valence electrons. The number of rotatable bonds is 5. The van der Waals surface area contributed by atoms with Gasteiger partial charge in [0, 0.05) is 25.0 Å². The number of amides is 1. The Morgan fingerprint density at radius 3 is 2.85 bits per heavy atom. The monoisotopic (exact) mass is 283 g/mol. The maximum Gasteiger partial charge on any atom is 0.220 e. The lowest BCUT2D eigenvalue weighted by atomic mass is 10.0. The van der Waals surface area contributed by atoms with Crippen LogP contribution in [0.25, 0.3) is 0 Å². The van der Waals surface area contributed by atoms with Crippen molar-refractivity contribution in [2.45, 2.75) is 63.5 Å². The molecule has 20 heavy (non-hydrogen) atoms. The molecule has 1 aliphatic carbocycles. The highest BCUT2D eigenvalue weighted by molar-refractivity contribution is 5.84. The van der Waals surface area contributed by atoms with Crippen LogP contribution in [0.1, 0.15) is 51.4 Å². The molecule has 6 nitrogen and oxygen atoms in total. The van der Waals surface area contributed by atoms with Gasteiger partial charge in [-0.05, 0) is 38.5 Å². The Balaban J connectivity index is 1.73. The summed E-state index contributed by atoms with van der Waals surface area (Å²) in [5, 5.41) is 14.8. The first kappa shape index (κ1) is 15.1. The molecule has 0 bridgehead atoms. The minimum atomic E-state index is -0.0325. The average Bonchev–Trinajstić information content (AvgIpc) is 2.93. The van der Waals surface area contributed by atoms with Gasteiger partial charge in [0.1, 0.15) is 5.84 Å². The van der Waals surface area contributed by atoms with E-state index in [-0.39, 0.29) is 29.8 Å². The Morgan fingerprint density at radius 1 is 1.30 bits per heavy atom. The molecule has 0 radical (unpaired) electrons. The summed E-state index contributed by atoms with van der Waals surface area (Å²) < 4.78 is 5.62. The minimum absolute atomic E-state index is 0.00525. The minimum Gasteiger partial charge on any atom is -0.409 e. The molecule has 1 aliphatic heterocycles. The van der Waals surface area contributed by atoms with E-state index in [1.807, 2.05) is 0 Å². The van der Waals surface area contributed by atoms with Gasteiger partial charge in [-0.2, -0.15) is 0 Å². The lowest BCUT2D eigenvalue weighted by molar-refractivity contribution is -0.122. The number of ether oxygens (including phenoxy) is 1. The Kier molecular flexibility index (Phi) is 5.64. The van der Waals surface area contributed by atoms with Crippen LogP contribution in [0.15, 0.2) is 5.16 Å². The molecule has 2 aliphatic rings. The maximum atomic E-state index is 12.0. The van der Waals surface area contributed by atoms with Crippen LogP contribution in [0.3, 0.4) is 0 Å². The van der Waals surface area contributed by atoms with E-state index in [1.165, 1.54) is 6.42 Å². The maximum absolute atomic E-state index is 12.0. The fourth-order valence-electron chi connectivity index (χ4n) is 3.17. The molecule has 1 amide bonds. The number of nitrogens with zero attached hydrogens (tertiary/aromatic N) is 1. The van der Waals surface area contributed by atoms with Gasteiger partial charge in [-0.25, -0.2) is 0 Å². The number of nitrogens with two attached hydrogens (primary N) is 1. The van der Waals surface area contributed by atoms with Gasteiger partial charge in [-0.1, -0.05) is 11.6 Å². The van der Waals surface area contributed by atoms with Crippen molar-refractivity contribution < 1.29 is 14.7 Å². The van der Waals surface area contributed by atoms with Crippen LogP contribution >= 0.6 is 0 Å². The fourth-order valence-corrected chi connectivity index (χ4v) is 3.17. The molecule has 0 aromatic carbocycles. The molecule has 1 heterocycles. The second kappa shape index (κ2) is 7.47. The first-order chi connectivity index (χ1) is 9.70. The first-order valence-electron chi connectivity index (χ1n) is 7.59. The van der Waals surface area contributed by atoms with Crippen molar-refractivity contribution in [3.63, 3.8) is 0 Å². The topological polar surface area (TPSA) is 96.9 Å². The number of carbonyl (C=O) groups excluding carboxylic acids is 1. The van der Waals surface area contributed by atoms with Crippen LogP contribution in [-0.4, -0.2) is 35.7 Å². The van der Waals surface area contributed by atoms with E-state index in [1.54, 1.807) is 0 Å². The second-order valence-electron chi connectivity index (χ2n) is 5.76. The summed E-state index contributed by atoms with van der Waals surface area (Å²) in [5.41, 5.74) is 5.66. The zero-order valence-corrected chi connectivity index (χ0v) is 11.9. The van der Waals surface area contributed by atoms with E-state index in [2.05, 4.69) is 10.5 Å². The summed E-state index contributed by atoms with van der Waals surface area (Å²) in [5.74, 6) is 0.236. The summed E-state index contributed by atoms with van der Waals surface area (Å²) in [6.45, 7) is 0.820. The van der Waals surface area contributed by atoms with Gasteiger partial charge in [0.15, 0.2) is 0 Å².